The van der Waals surface area contributed by atoms with Gasteiger partial charge >= 0.3 is 5.97 Å². The summed E-state index contributed by atoms with van der Waals surface area (Å²) < 4.78 is 4.99. The first-order valence-corrected chi connectivity index (χ1v) is 7.64. The lowest BCUT2D eigenvalue weighted by Gasteiger charge is -2.12. The first-order valence-electron chi connectivity index (χ1n) is 7.10. The molecule has 0 aromatic rings. The van der Waals surface area contributed by atoms with Gasteiger partial charge in [-0.2, -0.15) is 0 Å². The van der Waals surface area contributed by atoms with Crippen LogP contribution in [0.2, 0.25) is 0 Å². The highest BCUT2D eigenvalue weighted by atomic mass is 35.5. The molecule has 1 unspecified atom stereocenters. The van der Waals surface area contributed by atoms with Crippen molar-refractivity contribution in [2.24, 2.45) is 0 Å². The Kier molecular flexibility index (Phi) is 13.0. The molecule has 0 aromatic carbocycles. The fraction of sp³-hybridized carbons (Fsp3) is 0.929. The summed E-state index contributed by atoms with van der Waals surface area (Å²) in [6.07, 6.45) is 9.51. The number of alkyl halides is 1. The van der Waals surface area contributed by atoms with Crippen molar-refractivity contribution in [2.45, 2.75) is 70.8 Å². The molecule has 18 heavy (non-hydrogen) atoms. The van der Waals surface area contributed by atoms with Crippen LogP contribution in [0.1, 0.15) is 64.7 Å². The zero-order chi connectivity index (χ0) is 13.6. The average Bonchev–Trinajstić information content (AvgIpc) is 2.39. The summed E-state index contributed by atoms with van der Waals surface area (Å²) in [5, 5.41) is 8.83. The number of aliphatic hydroxyl groups excluding tert-OH is 1. The van der Waals surface area contributed by atoms with Crippen LogP contribution in [0.15, 0.2) is 0 Å². The predicted octanol–water partition coefficient (Wildman–Crippen LogP) is 3.66. The molecule has 4 heteroatoms. The van der Waals surface area contributed by atoms with E-state index in [4.69, 9.17) is 21.4 Å². The molecule has 0 radical (unpaired) electrons. The fourth-order valence-corrected chi connectivity index (χ4v) is 1.93. The topological polar surface area (TPSA) is 46.5 Å². The Balaban J connectivity index is 3.30. The van der Waals surface area contributed by atoms with Gasteiger partial charge in [0.1, 0.15) is 6.10 Å². The molecule has 0 bridgehead atoms. The Bertz CT molecular complexity index is 193. The van der Waals surface area contributed by atoms with Crippen molar-refractivity contribution in [1.29, 1.82) is 0 Å². The highest BCUT2D eigenvalue weighted by Gasteiger charge is 2.11. The number of hydrogen-bond donors (Lipinski definition) is 1. The molecule has 0 saturated heterocycles. The second kappa shape index (κ2) is 13.2. The molecule has 1 atom stereocenters. The number of esters is 1. The normalized spacial score (nSPS) is 12.4. The van der Waals surface area contributed by atoms with Crippen molar-refractivity contribution < 1.29 is 14.6 Å². The third kappa shape index (κ3) is 10.8. The van der Waals surface area contributed by atoms with Gasteiger partial charge in [0.2, 0.25) is 0 Å². The zero-order valence-electron chi connectivity index (χ0n) is 11.5. The van der Waals surface area contributed by atoms with Gasteiger partial charge in [0, 0.05) is 6.42 Å². The predicted molar refractivity (Wildman–Crippen MR) is 74.9 cm³/mol. The highest BCUT2D eigenvalue weighted by molar-refractivity contribution is 6.18. The number of ether oxygens (including phenoxy) is 1. The standard InChI is InChI=1S/C14H27ClO3/c1-2-3-4-5-6-7-8-9-10-14(17)18-13(11-15)12-16/h13,16H,2-12H2,1H3. The quantitative estimate of drug-likeness (QED) is 0.337. The van der Waals surface area contributed by atoms with Gasteiger partial charge in [0.15, 0.2) is 0 Å². The minimum absolute atomic E-state index is 0.152. The second-order valence-corrected chi connectivity index (χ2v) is 4.98. The Labute approximate surface area is 116 Å². The van der Waals surface area contributed by atoms with E-state index in [1.807, 2.05) is 0 Å². The van der Waals surface area contributed by atoms with Crippen molar-refractivity contribution >= 4 is 17.6 Å². The van der Waals surface area contributed by atoms with Gasteiger partial charge in [-0.05, 0) is 6.42 Å². The van der Waals surface area contributed by atoms with Crippen molar-refractivity contribution in [3.63, 3.8) is 0 Å². The number of halogens is 1. The Morgan fingerprint density at radius 2 is 1.67 bits per heavy atom. The molecule has 0 fully saturated rings. The van der Waals surface area contributed by atoms with Crippen LogP contribution in [0.5, 0.6) is 0 Å². The third-order valence-corrected chi connectivity index (χ3v) is 3.25. The molecule has 0 aliphatic rings. The summed E-state index contributed by atoms with van der Waals surface area (Å²) in [7, 11) is 0. The Hall–Kier alpha value is -0.280. The van der Waals surface area contributed by atoms with Crippen LogP contribution in [0.3, 0.4) is 0 Å². The minimum Gasteiger partial charge on any atom is -0.459 e. The van der Waals surface area contributed by atoms with Crippen molar-refractivity contribution in [3.8, 4) is 0 Å². The number of hydrogen-bond acceptors (Lipinski definition) is 3. The Morgan fingerprint density at radius 1 is 1.11 bits per heavy atom. The van der Waals surface area contributed by atoms with E-state index in [1.54, 1.807) is 0 Å². The lowest BCUT2D eigenvalue weighted by Crippen LogP contribution is -2.23. The van der Waals surface area contributed by atoms with Crippen LogP contribution < -0.4 is 0 Å². The van der Waals surface area contributed by atoms with Crippen LogP contribution in [-0.2, 0) is 9.53 Å². The molecule has 108 valence electrons. The molecule has 0 spiro atoms. The highest BCUT2D eigenvalue weighted by Crippen LogP contribution is 2.10. The third-order valence-electron chi connectivity index (χ3n) is 2.91. The summed E-state index contributed by atoms with van der Waals surface area (Å²) in [6.45, 7) is 2.01. The minimum atomic E-state index is -0.548. The van der Waals surface area contributed by atoms with E-state index in [2.05, 4.69) is 6.92 Å². The lowest BCUT2D eigenvalue weighted by molar-refractivity contribution is -0.149. The van der Waals surface area contributed by atoms with Crippen LogP contribution in [-0.4, -0.2) is 29.7 Å². The number of carbonyl (C=O) groups excluding carboxylic acids is 1. The van der Waals surface area contributed by atoms with Crippen LogP contribution in [0.4, 0.5) is 0 Å². The van der Waals surface area contributed by atoms with Crippen LogP contribution in [0.25, 0.3) is 0 Å². The number of aliphatic hydroxyl groups is 1. The van der Waals surface area contributed by atoms with Crippen molar-refractivity contribution in [2.75, 3.05) is 12.5 Å². The molecule has 0 heterocycles. The monoisotopic (exact) mass is 278 g/mol. The van der Waals surface area contributed by atoms with E-state index in [0.29, 0.717) is 6.42 Å². The summed E-state index contributed by atoms with van der Waals surface area (Å²) in [5.41, 5.74) is 0. The van der Waals surface area contributed by atoms with Gasteiger partial charge in [0.05, 0.1) is 12.5 Å². The van der Waals surface area contributed by atoms with Crippen molar-refractivity contribution in [3.05, 3.63) is 0 Å². The first kappa shape index (κ1) is 17.7. The van der Waals surface area contributed by atoms with Gasteiger partial charge in [-0.1, -0.05) is 51.9 Å². The lowest BCUT2D eigenvalue weighted by atomic mass is 10.1. The summed E-state index contributed by atoms with van der Waals surface area (Å²) in [6, 6.07) is 0. The molecule has 3 nitrogen and oxygen atoms in total. The molecule has 0 saturated carbocycles. The van der Waals surface area contributed by atoms with E-state index in [-0.39, 0.29) is 18.5 Å². The number of rotatable bonds is 12. The van der Waals surface area contributed by atoms with Gasteiger partial charge in [0.25, 0.3) is 0 Å². The second-order valence-electron chi connectivity index (χ2n) is 4.67. The van der Waals surface area contributed by atoms with E-state index >= 15 is 0 Å². The fourth-order valence-electron chi connectivity index (χ4n) is 1.77. The van der Waals surface area contributed by atoms with Crippen molar-refractivity contribution in [1.82, 2.24) is 0 Å². The maximum atomic E-state index is 11.4. The summed E-state index contributed by atoms with van der Waals surface area (Å²) in [5.74, 6) is -0.0969. The van der Waals surface area contributed by atoms with E-state index in [0.717, 1.165) is 12.8 Å². The van der Waals surface area contributed by atoms with Gasteiger partial charge in [-0.15, -0.1) is 11.6 Å². The smallest absolute Gasteiger partial charge is 0.306 e. The average molecular weight is 279 g/mol. The molecule has 0 aliphatic heterocycles. The number of carbonyl (C=O) groups is 1. The van der Waals surface area contributed by atoms with E-state index in [1.165, 1.54) is 38.5 Å². The van der Waals surface area contributed by atoms with E-state index in [9.17, 15) is 4.79 Å². The van der Waals surface area contributed by atoms with E-state index < -0.39 is 6.10 Å². The zero-order valence-corrected chi connectivity index (χ0v) is 12.3. The molecular weight excluding hydrogens is 252 g/mol. The largest absolute Gasteiger partial charge is 0.459 e. The van der Waals surface area contributed by atoms with Crippen LogP contribution in [0, 0.1) is 0 Å². The molecule has 0 aromatic heterocycles. The van der Waals surface area contributed by atoms with Crippen LogP contribution >= 0.6 is 11.6 Å². The number of unbranched alkanes of at least 4 members (excludes halogenated alkanes) is 7. The summed E-state index contributed by atoms with van der Waals surface area (Å²) in [4.78, 5) is 11.4. The summed E-state index contributed by atoms with van der Waals surface area (Å²) >= 11 is 5.52. The molecule has 1 N–H and O–H groups in total. The van der Waals surface area contributed by atoms with Gasteiger partial charge < -0.3 is 9.84 Å². The maximum absolute atomic E-state index is 11.4. The molecule has 0 aliphatic carbocycles. The van der Waals surface area contributed by atoms with Gasteiger partial charge in [-0.25, -0.2) is 0 Å². The van der Waals surface area contributed by atoms with Gasteiger partial charge in [-0.3, -0.25) is 4.79 Å². The first-order chi connectivity index (χ1) is 8.74. The molecular formula is C14H27ClO3. The molecule has 0 rings (SSSR count). The maximum Gasteiger partial charge on any atom is 0.306 e. The SMILES string of the molecule is CCCCCCCCCCC(=O)OC(CO)CCl. The Morgan fingerprint density at radius 3 is 2.17 bits per heavy atom. The molecule has 0 amide bonds.